The zero-order valence-corrected chi connectivity index (χ0v) is 14.1. The summed E-state index contributed by atoms with van der Waals surface area (Å²) in [5.41, 5.74) is 1.54. The van der Waals surface area contributed by atoms with Crippen molar-refractivity contribution < 1.29 is 19.4 Å². The number of hydrogen-bond donors (Lipinski definition) is 2. The van der Waals surface area contributed by atoms with Gasteiger partial charge in [-0.25, -0.2) is 4.79 Å². The van der Waals surface area contributed by atoms with Gasteiger partial charge in [-0.3, -0.25) is 0 Å². The molecule has 0 bridgehead atoms. The molecule has 0 aliphatic rings. The molecule has 1 aromatic carbocycles. The topological polar surface area (TPSA) is 79.9 Å². The second-order valence-corrected chi connectivity index (χ2v) is 5.90. The summed E-state index contributed by atoms with van der Waals surface area (Å²) in [4.78, 5) is 11.9. The maximum Gasteiger partial charge on any atom is 0.383 e. The number of para-hydroxylation sites is 1. The van der Waals surface area contributed by atoms with Crippen LogP contribution in [0.2, 0.25) is 0 Å². The third-order valence-corrected chi connectivity index (χ3v) is 3.60. The first kappa shape index (κ1) is 17.7. The first-order chi connectivity index (χ1) is 11.4. The van der Waals surface area contributed by atoms with E-state index in [9.17, 15) is 15.0 Å². The number of benzene rings is 1. The fraction of sp³-hybridized carbons (Fsp3) is 0.316. The van der Waals surface area contributed by atoms with Gasteiger partial charge in [-0.05, 0) is 51.8 Å². The fourth-order valence-electron chi connectivity index (χ4n) is 2.26. The van der Waals surface area contributed by atoms with Crippen LogP contribution in [-0.4, -0.2) is 16.8 Å². The highest BCUT2D eigenvalue weighted by Crippen LogP contribution is 2.35. The Kier molecular flexibility index (Phi) is 5.68. The van der Waals surface area contributed by atoms with Crippen LogP contribution in [0.5, 0.6) is 17.2 Å². The summed E-state index contributed by atoms with van der Waals surface area (Å²) >= 11 is 0. The van der Waals surface area contributed by atoms with Crippen LogP contribution in [0.25, 0.3) is 11.0 Å². The molecular weight excluding hydrogens is 308 g/mol. The summed E-state index contributed by atoms with van der Waals surface area (Å²) in [6.07, 6.45) is 5.88. The second-order valence-electron chi connectivity index (χ2n) is 5.90. The monoisotopic (exact) mass is 330 g/mol. The Hall–Kier alpha value is -2.69. The number of allylic oxidation sites excluding steroid dienone is 3. The molecule has 2 N–H and O–H groups in total. The summed E-state index contributed by atoms with van der Waals surface area (Å²) in [6, 6.07) is 4.47. The Morgan fingerprint density at radius 3 is 2.67 bits per heavy atom. The summed E-state index contributed by atoms with van der Waals surface area (Å²) in [7, 11) is 0. The van der Waals surface area contributed by atoms with Crippen molar-refractivity contribution in [1.29, 1.82) is 0 Å². The lowest BCUT2D eigenvalue weighted by Gasteiger charge is -2.08. The van der Waals surface area contributed by atoms with Crippen molar-refractivity contribution in [2.75, 3.05) is 6.61 Å². The molecule has 0 amide bonds. The smallest absolute Gasteiger partial charge is 0.383 e. The number of rotatable bonds is 6. The van der Waals surface area contributed by atoms with E-state index >= 15 is 0 Å². The van der Waals surface area contributed by atoms with Crippen molar-refractivity contribution in [3.63, 3.8) is 0 Å². The van der Waals surface area contributed by atoms with Crippen LogP contribution in [0.15, 0.2) is 50.7 Å². The molecule has 0 unspecified atom stereocenters. The van der Waals surface area contributed by atoms with Gasteiger partial charge in [-0.15, -0.1) is 0 Å². The molecule has 0 saturated heterocycles. The third-order valence-electron chi connectivity index (χ3n) is 3.60. The summed E-state index contributed by atoms with van der Waals surface area (Å²) in [5.74, 6) is -0.782. The van der Waals surface area contributed by atoms with Crippen LogP contribution in [-0.2, 0) is 0 Å². The summed E-state index contributed by atoms with van der Waals surface area (Å²) in [5, 5.41) is 20.1. The number of phenolic OH excluding ortho intramolecular Hbond substituents is 1. The van der Waals surface area contributed by atoms with Crippen LogP contribution in [0, 0.1) is 0 Å². The molecule has 0 atom stereocenters. The first-order valence-corrected chi connectivity index (χ1v) is 7.79. The van der Waals surface area contributed by atoms with Gasteiger partial charge in [0.2, 0.25) is 5.75 Å². The lowest BCUT2D eigenvalue weighted by Crippen LogP contribution is -2.07. The maximum atomic E-state index is 11.9. The van der Waals surface area contributed by atoms with Crippen LogP contribution in [0.1, 0.15) is 33.6 Å². The van der Waals surface area contributed by atoms with E-state index < -0.39 is 5.63 Å². The van der Waals surface area contributed by atoms with Gasteiger partial charge in [0.1, 0.15) is 6.61 Å². The molecule has 1 aromatic heterocycles. The van der Waals surface area contributed by atoms with Gasteiger partial charge in [0.25, 0.3) is 0 Å². The number of fused-ring (bicyclic) bond motifs is 1. The molecule has 2 rings (SSSR count). The molecule has 2 aromatic rings. The zero-order chi connectivity index (χ0) is 17.7. The zero-order valence-electron chi connectivity index (χ0n) is 14.1. The number of aromatic hydroxyl groups is 2. The number of phenols is 1. The molecule has 128 valence electrons. The average Bonchev–Trinajstić information content (AvgIpc) is 2.51. The van der Waals surface area contributed by atoms with E-state index in [1.165, 1.54) is 11.6 Å². The van der Waals surface area contributed by atoms with Crippen LogP contribution in [0.4, 0.5) is 0 Å². The van der Waals surface area contributed by atoms with E-state index in [0.29, 0.717) is 0 Å². The average molecular weight is 330 g/mol. The van der Waals surface area contributed by atoms with Crippen molar-refractivity contribution >= 4 is 11.0 Å². The van der Waals surface area contributed by atoms with Gasteiger partial charge in [0.05, 0.1) is 5.39 Å². The van der Waals surface area contributed by atoms with E-state index in [-0.39, 0.29) is 34.8 Å². The Bertz CT molecular complexity index is 839. The summed E-state index contributed by atoms with van der Waals surface area (Å²) < 4.78 is 10.4. The van der Waals surface area contributed by atoms with Gasteiger partial charge < -0.3 is 19.4 Å². The van der Waals surface area contributed by atoms with Gasteiger partial charge in [0.15, 0.2) is 17.1 Å². The Morgan fingerprint density at radius 1 is 1.21 bits per heavy atom. The van der Waals surface area contributed by atoms with Crippen LogP contribution >= 0.6 is 0 Å². The lowest BCUT2D eigenvalue weighted by molar-refractivity contribution is 0.316. The predicted molar refractivity (Wildman–Crippen MR) is 93.7 cm³/mol. The summed E-state index contributed by atoms with van der Waals surface area (Å²) in [6.45, 7) is 6.26. The highest BCUT2D eigenvalue weighted by molar-refractivity contribution is 5.89. The molecule has 0 aliphatic heterocycles. The van der Waals surface area contributed by atoms with Crippen LogP contribution < -0.4 is 10.4 Å². The Labute approximate surface area is 140 Å². The number of hydrogen-bond acceptors (Lipinski definition) is 5. The minimum absolute atomic E-state index is 0.0548. The van der Waals surface area contributed by atoms with Crippen molar-refractivity contribution in [1.82, 2.24) is 0 Å². The lowest BCUT2D eigenvalue weighted by atomic mass is 10.1. The normalized spacial score (nSPS) is 11.5. The largest absolute Gasteiger partial charge is 0.504 e. The molecule has 0 aliphatic carbocycles. The van der Waals surface area contributed by atoms with Gasteiger partial charge in [-0.2, -0.15) is 0 Å². The highest BCUT2D eigenvalue weighted by atomic mass is 16.5. The molecular formula is C19H22O5. The van der Waals surface area contributed by atoms with Crippen molar-refractivity contribution in [3.05, 3.63) is 51.9 Å². The molecule has 24 heavy (non-hydrogen) atoms. The highest BCUT2D eigenvalue weighted by Gasteiger charge is 2.16. The van der Waals surface area contributed by atoms with Crippen molar-refractivity contribution in [3.8, 4) is 17.2 Å². The van der Waals surface area contributed by atoms with E-state index in [1.54, 1.807) is 12.1 Å². The molecule has 1 heterocycles. The van der Waals surface area contributed by atoms with Crippen LogP contribution in [0.3, 0.4) is 0 Å². The van der Waals surface area contributed by atoms with Gasteiger partial charge >= 0.3 is 5.63 Å². The SMILES string of the molecule is CC(C)=CCCC(C)=CCOc1c(O)c2cccc(O)c2oc1=O. The van der Waals surface area contributed by atoms with E-state index in [1.807, 2.05) is 13.0 Å². The van der Waals surface area contributed by atoms with Crippen molar-refractivity contribution in [2.45, 2.75) is 33.6 Å². The molecule has 0 saturated carbocycles. The van der Waals surface area contributed by atoms with E-state index in [2.05, 4.69) is 19.9 Å². The minimum Gasteiger partial charge on any atom is -0.504 e. The molecule has 0 fully saturated rings. The molecule has 0 spiro atoms. The fourth-order valence-corrected chi connectivity index (χ4v) is 2.26. The third kappa shape index (κ3) is 4.19. The van der Waals surface area contributed by atoms with E-state index in [4.69, 9.17) is 9.15 Å². The van der Waals surface area contributed by atoms with Crippen molar-refractivity contribution in [2.24, 2.45) is 0 Å². The standard InChI is InChI=1S/C19H22O5/c1-12(2)6-4-7-13(3)10-11-23-18-16(21)14-8-5-9-15(20)17(14)24-19(18)22/h5-6,8-10,20-21H,4,7,11H2,1-3H3. The van der Waals surface area contributed by atoms with Gasteiger partial charge in [-0.1, -0.05) is 23.3 Å². The quantitative estimate of drug-likeness (QED) is 0.610. The Morgan fingerprint density at radius 2 is 1.96 bits per heavy atom. The first-order valence-electron chi connectivity index (χ1n) is 7.79. The predicted octanol–water partition coefficient (Wildman–Crippen LogP) is 4.28. The number of ether oxygens (including phenoxy) is 1. The molecule has 5 nitrogen and oxygen atoms in total. The maximum absolute atomic E-state index is 11.9. The van der Waals surface area contributed by atoms with E-state index in [0.717, 1.165) is 18.4 Å². The minimum atomic E-state index is -0.822. The molecule has 0 radical (unpaired) electrons. The Balaban J connectivity index is 2.13. The molecule has 5 heteroatoms. The van der Waals surface area contributed by atoms with Gasteiger partial charge in [0, 0.05) is 0 Å². The second kappa shape index (κ2) is 7.73.